The lowest BCUT2D eigenvalue weighted by atomic mass is 10.2. The van der Waals surface area contributed by atoms with Crippen molar-refractivity contribution in [2.24, 2.45) is 0 Å². The Hall–Kier alpha value is -2.57. The summed E-state index contributed by atoms with van der Waals surface area (Å²) in [5.41, 5.74) is 0.428. The van der Waals surface area contributed by atoms with Crippen LogP contribution in [0.2, 0.25) is 0 Å². The van der Waals surface area contributed by atoms with Crippen LogP contribution in [0.4, 0.5) is 0 Å². The van der Waals surface area contributed by atoms with Crippen molar-refractivity contribution in [1.82, 2.24) is 10.6 Å². The fourth-order valence-corrected chi connectivity index (χ4v) is 1.55. The van der Waals surface area contributed by atoms with E-state index in [1.165, 1.54) is 7.05 Å². The van der Waals surface area contributed by atoms with E-state index >= 15 is 0 Å². The summed E-state index contributed by atoms with van der Waals surface area (Å²) in [6, 6.07) is 6.32. The van der Waals surface area contributed by atoms with Crippen LogP contribution in [0.5, 0.6) is 5.75 Å². The molecular weight excluding hydrogens is 300 g/mol. The molecule has 0 saturated heterocycles. The fourth-order valence-electron chi connectivity index (χ4n) is 1.55. The first-order valence-electron chi connectivity index (χ1n) is 7.44. The molecule has 0 bridgehead atoms. The van der Waals surface area contributed by atoms with E-state index in [1.54, 1.807) is 24.3 Å². The smallest absolute Gasteiger partial charge is 0.338 e. The van der Waals surface area contributed by atoms with Gasteiger partial charge in [0.1, 0.15) is 5.75 Å². The highest BCUT2D eigenvalue weighted by molar-refractivity contribution is 5.89. The first-order valence-corrected chi connectivity index (χ1v) is 7.44. The Morgan fingerprint density at radius 2 is 1.78 bits per heavy atom. The minimum absolute atomic E-state index is 0.0960. The van der Waals surface area contributed by atoms with Gasteiger partial charge in [0.2, 0.25) is 5.91 Å². The molecule has 1 rings (SSSR count). The topological polar surface area (TPSA) is 93.7 Å². The maximum Gasteiger partial charge on any atom is 0.338 e. The second kappa shape index (κ2) is 10.2. The maximum atomic E-state index is 11.7. The molecule has 7 nitrogen and oxygen atoms in total. The van der Waals surface area contributed by atoms with Crippen molar-refractivity contribution in [3.8, 4) is 5.75 Å². The number of unbranched alkanes of at least 4 members (excludes halogenated alkanes) is 1. The molecule has 126 valence electrons. The monoisotopic (exact) mass is 322 g/mol. The molecule has 1 aromatic carbocycles. The Balaban J connectivity index is 2.37. The lowest BCUT2D eigenvalue weighted by Crippen LogP contribution is -2.37. The average molecular weight is 322 g/mol. The summed E-state index contributed by atoms with van der Waals surface area (Å²) >= 11 is 0. The molecule has 23 heavy (non-hydrogen) atoms. The third-order valence-electron chi connectivity index (χ3n) is 2.92. The SMILES string of the molecule is CCCCOC(=O)c1ccc(OCC(=O)NCC(=O)NC)cc1. The molecule has 0 saturated carbocycles. The summed E-state index contributed by atoms with van der Waals surface area (Å²) in [7, 11) is 1.49. The lowest BCUT2D eigenvalue weighted by Gasteiger charge is -2.08. The summed E-state index contributed by atoms with van der Waals surface area (Å²) < 4.78 is 10.4. The summed E-state index contributed by atoms with van der Waals surface area (Å²) in [5.74, 6) is -0.625. The number of carbonyl (C=O) groups excluding carboxylic acids is 3. The van der Waals surface area contributed by atoms with Crippen LogP contribution >= 0.6 is 0 Å². The Morgan fingerprint density at radius 1 is 1.09 bits per heavy atom. The van der Waals surface area contributed by atoms with Crippen LogP contribution in [0.3, 0.4) is 0 Å². The molecule has 1 aromatic rings. The van der Waals surface area contributed by atoms with Gasteiger partial charge in [-0.2, -0.15) is 0 Å². The normalized spacial score (nSPS) is 9.83. The molecule has 0 aliphatic rings. The zero-order valence-corrected chi connectivity index (χ0v) is 13.4. The molecule has 7 heteroatoms. The zero-order chi connectivity index (χ0) is 17.1. The van der Waals surface area contributed by atoms with Crippen LogP contribution in [-0.2, 0) is 14.3 Å². The quantitative estimate of drug-likeness (QED) is 0.520. The Kier molecular flexibility index (Phi) is 8.20. The average Bonchev–Trinajstić information content (AvgIpc) is 2.58. The lowest BCUT2D eigenvalue weighted by molar-refractivity contribution is -0.127. The predicted octanol–water partition coefficient (Wildman–Crippen LogP) is 0.885. The van der Waals surface area contributed by atoms with Gasteiger partial charge in [0.05, 0.1) is 18.7 Å². The van der Waals surface area contributed by atoms with Gasteiger partial charge in [-0.15, -0.1) is 0 Å². The number of rotatable bonds is 9. The second-order valence-corrected chi connectivity index (χ2v) is 4.75. The van der Waals surface area contributed by atoms with E-state index in [2.05, 4.69) is 10.6 Å². The molecule has 0 atom stereocenters. The Morgan fingerprint density at radius 3 is 2.39 bits per heavy atom. The number of amides is 2. The van der Waals surface area contributed by atoms with Crippen LogP contribution in [0.15, 0.2) is 24.3 Å². The molecule has 2 amide bonds. The first-order chi connectivity index (χ1) is 11.1. The standard InChI is InChI=1S/C16H22N2O5/c1-3-4-9-22-16(21)12-5-7-13(8-6-12)23-11-15(20)18-10-14(19)17-2/h5-8H,3-4,9-11H2,1-2H3,(H,17,19)(H,18,20). The molecule has 0 radical (unpaired) electrons. The summed E-state index contributed by atoms with van der Waals surface area (Å²) in [5, 5.41) is 4.80. The zero-order valence-electron chi connectivity index (χ0n) is 13.4. The van der Waals surface area contributed by atoms with E-state index in [0.29, 0.717) is 17.9 Å². The van der Waals surface area contributed by atoms with Crippen LogP contribution < -0.4 is 15.4 Å². The maximum absolute atomic E-state index is 11.7. The number of benzene rings is 1. The predicted molar refractivity (Wildman–Crippen MR) is 84.2 cm³/mol. The van der Waals surface area contributed by atoms with E-state index in [4.69, 9.17) is 9.47 Å². The highest BCUT2D eigenvalue weighted by Gasteiger charge is 2.08. The van der Waals surface area contributed by atoms with Crippen molar-refractivity contribution in [3.05, 3.63) is 29.8 Å². The van der Waals surface area contributed by atoms with Crippen LogP contribution in [-0.4, -0.2) is 44.6 Å². The molecule has 0 unspecified atom stereocenters. The first kappa shape index (κ1) is 18.5. The molecule has 0 spiro atoms. The summed E-state index contributed by atoms with van der Waals surface area (Å²) in [6.07, 6.45) is 1.79. The van der Waals surface area contributed by atoms with Gasteiger partial charge in [0.15, 0.2) is 6.61 Å². The molecule has 0 fully saturated rings. The van der Waals surface area contributed by atoms with Gasteiger partial charge in [-0.3, -0.25) is 9.59 Å². The summed E-state index contributed by atoms with van der Waals surface area (Å²) in [6.45, 7) is 2.11. The van der Waals surface area contributed by atoms with Crippen molar-refractivity contribution < 1.29 is 23.9 Å². The van der Waals surface area contributed by atoms with Crippen molar-refractivity contribution >= 4 is 17.8 Å². The van der Waals surface area contributed by atoms with Crippen molar-refractivity contribution in [2.75, 3.05) is 26.8 Å². The van der Waals surface area contributed by atoms with Gasteiger partial charge in [-0.1, -0.05) is 13.3 Å². The third kappa shape index (κ3) is 7.30. The Bertz CT molecular complexity index is 528. The van der Waals surface area contributed by atoms with E-state index in [-0.39, 0.29) is 25.0 Å². The number of ether oxygens (including phenoxy) is 2. The highest BCUT2D eigenvalue weighted by atomic mass is 16.5. The molecule has 0 aliphatic carbocycles. The van der Waals surface area contributed by atoms with Gasteiger partial charge < -0.3 is 20.1 Å². The van der Waals surface area contributed by atoms with Gasteiger partial charge in [-0.05, 0) is 30.7 Å². The fraction of sp³-hybridized carbons (Fsp3) is 0.438. The number of hydrogen-bond donors (Lipinski definition) is 2. The molecule has 0 aromatic heterocycles. The van der Waals surface area contributed by atoms with E-state index in [1.807, 2.05) is 6.92 Å². The minimum Gasteiger partial charge on any atom is -0.484 e. The second-order valence-electron chi connectivity index (χ2n) is 4.75. The largest absolute Gasteiger partial charge is 0.484 e. The molecule has 0 heterocycles. The van der Waals surface area contributed by atoms with Gasteiger partial charge in [-0.25, -0.2) is 4.79 Å². The molecule has 0 aliphatic heterocycles. The van der Waals surface area contributed by atoms with Crippen molar-refractivity contribution in [3.63, 3.8) is 0 Å². The van der Waals surface area contributed by atoms with E-state index < -0.39 is 5.91 Å². The molecular formula is C16H22N2O5. The van der Waals surface area contributed by atoms with Gasteiger partial charge in [0.25, 0.3) is 5.91 Å². The third-order valence-corrected chi connectivity index (χ3v) is 2.92. The number of likely N-dealkylation sites (N-methyl/N-ethyl adjacent to an activating group) is 1. The van der Waals surface area contributed by atoms with E-state index in [9.17, 15) is 14.4 Å². The highest BCUT2D eigenvalue weighted by Crippen LogP contribution is 2.13. The number of esters is 1. The van der Waals surface area contributed by atoms with Crippen molar-refractivity contribution in [2.45, 2.75) is 19.8 Å². The van der Waals surface area contributed by atoms with E-state index in [0.717, 1.165) is 12.8 Å². The van der Waals surface area contributed by atoms with Crippen LogP contribution in [0.1, 0.15) is 30.1 Å². The van der Waals surface area contributed by atoms with Crippen LogP contribution in [0, 0.1) is 0 Å². The number of carbonyl (C=O) groups is 3. The minimum atomic E-state index is -0.406. The van der Waals surface area contributed by atoms with Gasteiger partial charge >= 0.3 is 5.97 Å². The number of nitrogens with one attached hydrogen (secondary N) is 2. The summed E-state index contributed by atoms with van der Waals surface area (Å²) in [4.78, 5) is 34.2. The Labute approximate surface area is 135 Å². The number of hydrogen-bond acceptors (Lipinski definition) is 5. The van der Waals surface area contributed by atoms with Crippen molar-refractivity contribution in [1.29, 1.82) is 0 Å². The molecule has 2 N–H and O–H groups in total. The van der Waals surface area contributed by atoms with Crippen LogP contribution in [0.25, 0.3) is 0 Å². The van der Waals surface area contributed by atoms with Gasteiger partial charge in [0, 0.05) is 7.05 Å².